The quantitative estimate of drug-likeness (QED) is 0.762. The van der Waals surface area contributed by atoms with E-state index in [2.05, 4.69) is 4.74 Å². The third-order valence-corrected chi connectivity index (χ3v) is 5.90. The number of hydrogen-bond donors (Lipinski definition) is 0. The van der Waals surface area contributed by atoms with Crippen LogP contribution in [0.5, 0.6) is 0 Å². The molecule has 0 N–H and O–H groups in total. The van der Waals surface area contributed by atoms with E-state index in [-0.39, 0.29) is 11.6 Å². The molecule has 1 fully saturated rings. The van der Waals surface area contributed by atoms with Crippen LogP contribution in [0, 0.1) is 5.82 Å². The van der Waals surface area contributed by atoms with Gasteiger partial charge in [-0.3, -0.25) is 4.21 Å². The van der Waals surface area contributed by atoms with Gasteiger partial charge in [0.25, 0.3) is 0 Å². The van der Waals surface area contributed by atoms with Crippen LogP contribution in [0.25, 0.3) is 0 Å². The highest BCUT2D eigenvalue weighted by Crippen LogP contribution is 2.34. The lowest BCUT2D eigenvalue weighted by molar-refractivity contribution is 0.0595. The van der Waals surface area contributed by atoms with Gasteiger partial charge in [-0.2, -0.15) is 0 Å². The Morgan fingerprint density at radius 3 is 2.76 bits per heavy atom. The van der Waals surface area contributed by atoms with Crippen molar-refractivity contribution in [2.45, 2.75) is 6.04 Å². The normalized spacial score (nSPS) is 20.4. The molecule has 2 aromatic carbocycles. The fourth-order valence-corrected chi connectivity index (χ4v) is 4.52. The maximum atomic E-state index is 14.3. The number of carbonyl (C=O) groups is 1. The number of carbonyl (C=O) groups excluding carboxylic acids is 1. The summed E-state index contributed by atoms with van der Waals surface area (Å²) >= 11 is 6.31. The lowest BCUT2D eigenvalue weighted by Crippen LogP contribution is -2.41. The van der Waals surface area contributed by atoms with Crippen LogP contribution in [0.3, 0.4) is 0 Å². The molecule has 1 aliphatic rings. The molecule has 1 heterocycles. The Morgan fingerprint density at radius 2 is 2.08 bits per heavy atom. The topological polar surface area (TPSA) is 46.6 Å². The van der Waals surface area contributed by atoms with Gasteiger partial charge in [0.1, 0.15) is 5.82 Å². The van der Waals surface area contributed by atoms with Gasteiger partial charge in [-0.1, -0.05) is 29.8 Å². The smallest absolute Gasteiger partial charge is 0.340 e. The fourth-order valence-electron chi connectivity index (χ4n) is 2.98. The zero-order valence-electron chi connectivity index (χ0n) is 13.6. The molecule has 132 valence electrons. The number of methoxy groups -OCH3 is 1. The van der Waals surface area contributed by atoms with Crippen molar-refractivity contribution in [1.82, 2.24) is 0 Å². The molecule has 7 heteroatoms. The molecule has 4 nitrogen and oxygen atoms in total. The second-order valence-electron chi connectivity index (χ2n) is 5.70. The molecule has 0 aliphatic carbocycles. The summed E-state index contributed by atoms with van der Waals surface area (Å²) in [5.41, 5.74) is 1.36. The Morgan fingerprint density at radius 1 is 1.32 bits per heavy atom. The first-order chi connectivity index (χ1) is 12.0. The number of hydrogen-bond acceptors (Lipinski definition) is 4. The van der Waals surface area contributed by atoms with E-state index in [1.54, 1.807) is 12.1 Å². The number of halogens is 2. The third-order valence-electron chi connectivity index (χ3n) is 4.23. The molecule has 0 spiro atoms. The van der Waals surface area contributed by atoms with Crippen LogP contribution in [-0.4, -0.2) is 35.3 Å². The van der Waals surface area contributed by atoms with Crippen molar-refractivity contribution >= 4 is 34.1 Å². The molecule has 1 saturated heterocycles. The Balaban J connectivity index is 1.99. The standard InChI is InChI=1S/C18H17ClFNO3S/c1-24-18(22)14-7-6-12(10-16(14)20)21-8-9-25(23)11-17(21)13-4-2-3-5-15(13)19/h2-7,10,17H,8-9,11H2,1H3. The lowest BCUT2D eigenvalue weighted by Gasteiger charge is -2.37. The van der Waals surface area contributed by atoms with E-state index in [4.69, 9.17) is 11.6 Å². The summed E-state index contributed by atoms with van der Waals surface area (Å²) < 4.78 is 31.0. The average Bonchev–Trinajstić information content (AvgIpc) is 2.61. The molecule has 0 saturated carbocycles. The third kappa shape index (κ3) is 3.70. The first-order valence-corrected chi connectivity index (χ1v) is 9.61. The molecule has 1 aliphatic heterocycles. The van der Waals surface area contributed by atoms with Crippen LogP contribution in [0.2, 0.25) is 5.02 Å². The zero-order valence-corrected chi connectivity index (χ0v) is 15.1. The second-order valence-corrected chi connectivity index (χ2v) is 7.73. The van der Waals surface area contributed by atoms with Gasteiger partial charge < -0.3 is 9.64 Å². The highest BCUT2D eigenvalue weighted by Gasteiger charge is 2.30. The Hall–Kier alpha value is -1.92. The molecular weight excluding hydrogens is 365 g/mol. The van der Waals surface area contributed by atoms with Gasteiger partial charge in [-0.25, -0.2) is 9.18 Å². The van der Waals surface area contributed by atoms with Crippen molar-refractivity contribution < 1.29 is 18.1 Å². The maximum Gasteiger partial charge on any atom is 0.340 e. The molecule has 0 aromatic heterocycles. The Kier molecular flexibility index (Phi) is 5.39. The second kappa shape index (κ2) is 7.54. The SMILES string of the molecule is COC(=O)c1ccc(N2CCS(=O)CC2c2ccccc2Cl)cc1F. The minimum atomic E-state index is -0.960. The highest BCUT2D eigenvalue weighted by atomic mass is 35.5. The lowest BCUT2D eigenvalue weighted by atomic mass is 10.0. The maximum absolute atomic E-state index is 14.3. The van der Waals surface area contributed by atoms with Crippen LogP contribution < -0.4 is 4.90 Å². The molecule has 3 rings (SSSR count). The summed E-state index contributed by atoms with van der Waals surface area (Å²) in [5, 5.41) is 0.586. The minimum absolute atomic E-state index is 0.110. The fraction of sp³-hybridized carbons (Fsp3) is 0.278. The summed E-state index contributed by atoms with van der Waals surface area (Å²) in [4.78, 5) is 13.5. The largest absolute Gasteiger partial charge is 0.465 e. The Labute approximate surface area is 153 Å². The predicted molar refractivity (Wildman–Crippen MR) is 97.2 cm³/mol. The molecule has 2 aromatic rings. The summed E-state index contributed by atoms with van der Waals surface area (Å²) in [6.07, 6.45) is 0. The number of anilines is 1. The summed E-state index contributed by atoms with van der Waals surface area (Å²) in [6.45, 7) is 0.513. The van der Waals surface area contributed by atoms with Crippen LogP contribution in [0.15, 0.2) is 42.5 Å². The van der Waals surface area contributed by atoms with Gasteiger partial charge in [0.15, 0.2) is 0 Å². The van der Waals surface area contributed by atoms with Crippen LogP contribution in [0.4, 0.5) is 10.1 Å². The molecule has 0 bridgehead atoms. The monoisotopic (exact) mass is 381 g/mol. The van der Waals surface area contributed by atoms with E-state index >= 15 is 0 Å². The van der Waals surface area contributed by atoms with E-state index < -0.39 is 22.6 Å². The van der Waals surface area contributed by atoms with Crippen LogP contribution >= 0.6 is 11.6 Å². The highest BCUT2D eigenvalue weighted by molar-refractivity contribution is 7.85. The van der Waals surface area contributed by atoms with E-state index in [1.807, 2.05) is 23.1 Å². The van der Waals surface area contributed by atoms with Crippen molar-refractivity contribution in [3.8, 4) is 0 Å². The van der Waals surface area contributed by atoms with Crippen molar-refractivity contribution in [3.63, 3.8) is 0 Å². The molecule has 25 heavy (non-hydrogen) atoms. The molecular formula is C18H17ClFNO3S. The number of nitrogens with zero attached hydrogens (tertiary/aromatic N) is 1. The number of esters is 1. The van der Waals surface area contributed by atoms with Gasteiger partial charge in [-0.15, -0.1) is 0 Å². The van der Waals surface area contributed by atoms with E-state index in [9.17, 15) is 13.4 Å². The van der Waals surface area contributed by atoms with E-state index in [1.165, 1.54) is 19.2 Å². The van der Waals surface area contributed by atoms with E-state index in [0.29, 0.717) is 28.8 Å². The van der Waals surface area contributed by atoms with Crippen molar-refractivity contribution in [3.05, 3.63) is 64.4 Å². The van der Waals surface area contributed by atoms with Crippen molar-refractivity contribution in [2.24, 2.45) is 0 Å². The average molecular weight is 382 g/mol. The summed E-state index contributed by atoms with van der Waals surface area (Å²) in [7, 11) is 0.251. The number of rotatable bonds is 3. The van der Waals surface area contributed by atoms with Crippen LogP contribution in [0.1, 0.15) is 22.0 Å². The van der Waals surface area contributed by atoms with Gasteiger partial charge in [0.05, 0.1) is 18.7 Å². The molecule has 0 radical (unpaired) electrons. The van der Waals surface area contributed by atoms with Gasteiger partial charge >= 0.3 is 5.97 Å². The van der Waals surface area contributed by atoms with Gasteiger partial charge in [0.2, 0.25) is 0 Å². The Bertz CT molecular complexity index is 830. The van der Waals surface area contributed by atoms with Crippen LogP contribution in [-0.2, 0) is 15.5 Å². The van der Waals surface area contributed by atoms with Crippen molar-refractivity contribution in [1.29, 1.82) is 0 Å². The first kappa shape index (κ1) is 17.9. The number of benzene rings is 2. The first-order valence-electron chi connectivity index (χ1n) is 7.75. The van der Waals surface area contributed by atoms with Gasteiger partial charge in [0, 0.05) is 39.6 Å². The van der Waals surface area contributed by atoms with Gasteiger partial charge in [-0.05, 0) is 29.8 Å². The molecule has 0 amide bonds. The number of ether oxygens (including phenoxy) is 1. The molecule has 2 unspecified atom stereocenters. The predicted octanol–water partition coefficient (Wildman–Crippen LogP) is 3.58. The zero-order chi connectivity index (χ0) is 18.0. The van der Waals surface area contributed by atoms with E-state index in [0.717, 1.165) is 5.56 Å². The summed E-state index contributed by atoms with van der Waals surface area (Å²) in [5.74, 6) is -0.439. The summed E-state index contributed by atoms with van der Waals surface area (Å²) in [6, 6.07) is 11.6. The minimum Gasteiger partial charge on any atom is -0.465 e. The van der Waals surface area contributed by atoms with Crippen molar-refractivity contribution in [2.75, 3.05) is 30.1 Å². The molecule has 2 atom stereocenters.